The Morgan fingerprint density at radius 3 is 2.71 bits per heavy atom. The number of nitrogens with one attached hydrogen (secondary N) is 1. The monoisotopic (exact) mass is 506 g/mol. The number of benzene rings is 1. The van der Waals surface area contributed by atoms with Crippen molar-refractivity contribution >= 4 is 26.7 Å². The van der Waals surface area contributed by atoms with Gasteiger partial charge in [-0.25, -0.2) is 9.71 Å². The molecule has 1 saturated heterocycles. The molecule has 1 atom stereocenters. The molecule has 1 aromatic carbocycles. The van der Waals surface area contributed by atoms with Crippen molar-refractivity contribution in [3.8, 4) is 17.0 Å². The molecule has 2 aliphatic carbocycles. The van der Waals surface area contributed by atoms with Crippen LogP contribution in [0.25, 0.3) is 11.3 Å². The molecule has 3 aliphatic rings. The summed E-state index contributed by atoms with van der Waals surface area (Å²) in [7, 11) is -1.72. The van der Waals surface area contributed by atoms with Crippen molar-refractivity contribution in [2.75, 3.05) is 45.7 Å². The first-order valence-corrected chi connectivity index (χ1v) is 14.5. The van der Waals surface area contributed by atoms with Crippen molar-refractivity contribution in [2.45, 2.75) is 44.4 Å². The molecule has 8 nitrogen and oxygen atoms in total. The summed E-state index contributed by atoms with van der Waals surface area (Å²) in [5, 5.41) is 0.630. The van der Waals surface area contributed by atoms with Crippen molar-refractivity contribution in [2.24, 2.45) is 11.8 Å². The number of methoxy groups -OCH3 is 1. The lowest BCUT2D eigenvalue weighted by Gasteiger charge is -2.34. The number of nitrogens with zero attached hydrogens (tertiary/aromatic N) is 2. The van der Waals surface area contributed by atoms with Gasteiger partial charge >= 0.3 is 0 Å². The van der Waals surface area contributed by atoms with Gasteiger partial charge in [-0.3, -0.25) is 0 Å². The largest absolute Gasteiger partial charge is 0.497 e. The van der Waals surface area contributed by atoms with Gasteiger partial charge in [-0.05, 0) is 80.0 Å². The number of fused-ring (bicyclic) bond motifs is 3. The summed E-state index contributed by atoms with van der Waals surface area (Å²) in [6.07, 6.45) is 6.36. The normalized spacial score (nSPS) is 25.9. The standard InChI is InChI=1S/C24H34N4O4S2/c1-31-19-7-9-20-18(14-19)6-8-21(23-22(20)27-24(25)33-23)17-4-2-16(3-5-17)15-26-34(29,30)28-10-12-32-13-11-28/h7,9,14,16-17,21,26H,2-6,8,10-13,15H2,1H3,(H2,25,27). The highest BCUT2D eigenvalue weighted by Gasteiger charge is 2.35. The van der Waals surface area contributed by atoms with Crippen LogP contribution < -0.4 is 15.2 Å². The van der Waals surface area contributed by atoms with E-state index in [0.717, 1.165) is 50.0 Å². The summed E-state index contributed by atoms with van der Waals surface area (Å²) >= 11 is 1.64. The molecule has 186 valence electrons. The molecule has 1 saturated carbocycles. The van der Waals surface area contributed by atoms with E-state index in [1.54, 1.807) is 18.4 Å². The molecule has 1 aliphatic heterocycles. The number of nitrogen functional groups attached to an aromatic ring is 1. The van der Waals surface area contributed by atoms with Crippen LogP contribution in [0.5, 0.6) is 5.75 Å². The van der Waals surface area contributed by atoms with Crippen LogP contribution in [0.4, 0.5) is 5.13 Å². The zero-order chi connectivity index (χ0) is 23.7. The molecular weight excluding hydrogens is 472 g/mol. The van der Waals surface area contributed by atoms with Crippen LogP contribution in [-0.4, -0.2) is 57.7 Å². The molecule has 0 spiro atoms. The van der Waals surface area contributed by atoms with Crippen LogP contribution in [0.2, 0.25) is 0 Å². The highest BCUT2D eigenvalue weighted by atomic mass is 32.2. The number of ether oxygens (including phenoxy) is 2. The van der Waals surface area contributed by atoms with Crippen LogP contribution >= 0.6 is 11.3 Å². The van der Waals surface area contributed by atoms with Crippen molar-refractivity contribution in [1.82, 2.24) is 14.0 Å². The van der Waals surface area contributed by atoms with Gasteiger partial charge in [0.15, 0.2) is 5.13 Å². The van der Waals surface area contributed by atoms with E-state index in [-0.39, 0.29) is 0 Å². The lowest BCUT2D eigenvalue weighted by atomic mass is 9.74. The van der Waals surface area contributed by atoms with E-state index in [9.17, 15) is 8.42 Å². The summed E-state index contributed by atoms with van der Waals surface area (Å²) in [6, 6.07) is 6.25. The van der Waals surface area contributed by atoms with Crippen molar-refractivity contribution in [3.05, 3.63) is 28.6 Å². The number of morpholine rings is 1. The first-order valence-electron chi connectivity index (χ1n) is 12.2. The smallest absolute Gasteiger partial charge is 0.279 e. The van der Waals surface area contributed by atoms with Gasteiger partial charge in [0, 0.05) is 30.1 Å². The zero-order valence-electron chi connectivity index (χ0n) is 19.7. The molecule has 2 fully saturated rings. The second kappa shape index (κ2) is 10.1. The molecule has 0 radical (unpaired) electrons. The first kappa shape index (κ1) is 24.0. The van der Waals surface area contributed by atoms with Crippen molar-refractivity contribution < 1.29 is 17.9 Å². The van der Waals surface area contributed by atoms with E-state index in [0.29, 0.717) is 55.7 Å². The van der Waals surface area contributed by atoms with E-state index >= 15 is 0 Å². The maximum absolute atomic E-state index is 12.6. The molecule has 5 rings (SSSR count). The second-order valence-corrected chi connectivity index (χ2v) is 12.4. The van der Waals surface area contributed by atoms with E-state index in [4.69, 9.17) is 20.2 Å². The number of thiazole rings is 1. The van der Waals surface area contributed by atoms with E-state index in [2.05, 4.69) is 16.9 Å². The highest BCUT2D eigenvalue weighted by Crippen LogP contribution is 2.49. The molecule has 34 heavy (non-hydrogen) atoms. The third kappa shape index (κ3) is 4.97. The fraction of sp³-hybridized carbons (Fsp3) is 0.625. The highest BCUT2D eigenvalue weighted by molar-refractivity contribution is 7.87. The fourth-order valence-corrected chi connectivity index (χ4v) is 8.05. The summed E-state index contributed by atoms with van der Waals surface area (Å²) in [4.78, 5) is 6.05. The van der Waals surface area contributed by atoms with E-state index in [1.165, 1.54) is 20.3 Å². The Balaban J connectivity index is 1.24. The minimum atomic E-state index is -3.42. The fourth-order valence-electron chi connectivity index (χ4n) is 5.72. The lowest BCUT2D eigenvalue weighted by molar-refractivity contribution is 0.0723. The number of anilines is 1. The molecule has 1 aromatic heterocycles. The maximum Gasteiger partial charge on any atom is 0.279 e. The molecule has 3 N–H and O–H groups in total. The second-order valence-electron chi connectivity index (χ2n) is 9.58. The van der Waals surface area contributed by atoms with Gasteiger partial charge in [0.05, 0.1) is 26.0 Å². The van der Waals surface area contributed by atoms with Crippen LogP contribution in [0, 0.1) is 11.8 Å². The number of aromatic nitrogens is 1. The van der Waals surface area contributed by atoms with Gasteiger partial charge in [0.1, 0.15) is 5.75 Å². The first-order chi connectivity index (χ1) is 16.4. The predicted molar refractivity (Wildman–Crippen MR) is 134 cm³/mol. The predicted octanol–water partition coefficient (Wildman–Crippen LogP) is 3.40. The molecule has 2 aromatic rings. The minimum absolute atomic E-state index is 0.380. The molecule has 2 heterocycles. The Labute approximate surface area is 206 Å². The van der Waals surface area contributed by atoms with Crippen molar-refractivity contribution in [3.63, 3.8) is 0 Å². The van der Waals surface area contributed by atoms with Crippen LogP contribution in [0.15, 0.2) is 18.2 Å². The zero-order valence-corrected chi connectivity index (χ0v) is 21.3. The third-order valence-corrected chi connectivity index (χ3v) is 10.2. The molecule has 0 amide bonds. The molecular formula is C24H34N4O4S2. The summed E-state index contributed by atoms with van der Waals surface area (Å²) in [5.41, 5.74) is 9.68. The van der Waals surface area contributed by atoms with Gasteiger partial charge in [-0.2, -0.15) is 12.7 Å². The quantitative estimate of drug-likeness (QED) is 0.622. The van der Waals surface area contributed by atoms with Gasteiger partial charge in [0.25, 0.3) is 10.2 Å². The van der Waals surface area contributed by atoms with E-state index in [1.807, 2.05) is 6.07 Å². The summed E-state index contributed by atoms with van der Waals surface area (Å²) in [6.45, 7) is 2.31. The Bertz CT molecular complexity index is 1110. The van der Waals surface area contributed by atoms with Gasteiger partial charge < -0.3 is 15.2 Å². The summed E-state index contributed by atoms with van der Waals surface area (Å²) in [5.74, 6) is 2.27. The van der Waals surface area contributed by atoms with Gasteiger partial charge in [-0.15, -0.1) is 11.3 Å². The van der Waals surface area contributed by atoms with Gasteiger partial charge in [0.2, 0.25) is 0 Å². The van der Waals surface area contributed by atoms with Gasteiger partial charge in [-0.1, -0.05) is 0 Å². The Hall–Kier alpha value is -1.72. The number of aryl methyl sites for hydroxylation is 1. The number of nitrogens with two attached hydrogens (primary N) is 1. The average Bonchev–Trinajstić information content (AvgIpc) is 3.18. The minimum Gasteiger partial charge on any atom is -0.497 e. The Kier molecular flexibility index (Phi) is 7.13. The molecule has 0 bridgehead atoms. The van der Waals surface area contributed by atoms with Crippen LogP contribution in [0.1, 0.15) is 48.5 Å². The third-order valence-electron chi connectivity index (χ3n) is 7.62. The number of hydrogen-bond donors (Lipinski definition) is 2. The number of hydrogen-bond acceptors (Lipinski definition) is 7. The molecule has 1 unspecified atom stereocenters. The molecule has 10 heteroatoms. The maximum atomic E-state index is 12.6. The van der Waals surface area contributed by atoms with Crippen molar-refractivity contribution in [1.29, 1.82) is 0 Å². The Morgan fingerprint density at radius 2 is 1.97 bits per heavy atom. The number of rotatable bonds is 6. The average molecular weight is 507 g/mol. The lowest BCUT2D eigenvalue weighted by Crippen LogP contribution is -2.47. The van der Waals surface area contributed by atoms with Crippen LogP contribution in [0.3, 0.4) is 0 Å². The SMILES string of the molecule is COc1ccc2c(c1)CCC(C1CCC(CNS(=O)(=O)N3CCOCC3)CC1)c1sc(N)nc1-2. The summed E-state index contributed by atoms with van der Waals surface area (Å²) < 4.78 is 40.3. The van der Waals surface area contributed by atoms with Crippen LogP contribution in [-0.2, 0) is 21.4 Å². The topological polar surface area (TPSA) is 107 Å². The van der Waals surface area contributed by atoms with E-state index < -0.39 is 10.2 Å². The Morgan fingerprint density at radius 1 is 1.21 bits per heavy atom.